The van der Waals surface area contributed by atoms with Crippen molar-refractivity contribution in [2.24, 2.45) is 0 Å². The molecule has 8 heteroatoms. The number of benzene rings is 2. The minimum Gasteiger partial charge on any atom is -0.488 e. The fourth-order valence-corrected chi connectivity index (χ4v) is 2.91. The molecule has 0 radical (unpaired) electrons. The Morgan fingerprint density at radius 2 is 1.88 bits per heavy atom. The molecule has 2 aromatic carbocycles. The first kappa shape index (κ1) is 23.3. The number of carbonyl (C=O) groups is 2. The molecular weight excluding hydrogens is 422 g/mol. The summed E-state index contributed by atoms with van der Waals surface area (Å²) in [5.41, 5.74) is 8.05. The van der Waals surface area contributed by atoms with Gasteiger partial charge in [-0.05, 0) is 55.5 Å². The van der Waals surface area contributed by atoms with Crippen molar-refractivity contribution in [1.29, 1.82) is 0 Å². The number of rotatable bonds is 7. The van der Waals surface area contributed by atoms with E-state index in [0.29, 0.717) is 29.2 Å². The van der Waals surface area contributed by atoms with Gasteiger partial charge in [0.05, 0.1) is 12.2 Å². The molecule has 1 atom stereocenters. The van der Waals surface area contributed by atoms with Gasteiger partial charge >= 0.3 is 5.97 Å². The number of aromatic carboxylic acids is 1. The van der Waals surface area contributed by atoms with Crippen LogP contribution >= 0.6 is 0 Å². The van der Waals surface area contributed by atoms with Crippen molar-refractivity contribution in [2.45, 2.75) is 13.0 Å². The van der Waals surface area contributed by atoms with Crippen LogP contribution in [0.5, 0.6) is 5.75 Å². The first-order valence-electron chi connectivity index (χ1n) is 10.0. The number of nitrogen functional groups attached to an aromatic ring is 1. The number of amides is 1. The Morgan fingerprint density at radius 3 is 2.55 bits per heavy atom. The molecule has 0 aliphatic carbocycles. The van der Waals surface area contributed by atoms with Gasteiger partial charge < -0.3 is 25.6 Å². The summed E-state index contributed by atoms with van der Waals surface area (Å²) in [4.78, 5) is 27.8. The van der Waals surface area contributed by atoms with Crippen LogP contribution in [0.15, 0.2) is 60.8 Å². The standard InChI is InChI=1S/C25H23N3O5/c1-16(15-32-2)33-22-12-18(7-6-17-4-3-5-21(26)11-17)10-20(13-22)24(29)28-23-9-8-19(14-27-23)25(30)31/h3-5,8-14,16H,15,26H2,1-2H3,(H,30,31)(H,27,28,29)/t16-/m0/s1. The number of carboxylic acid groups (broad SMARTS) is 1. The highest BCUT2D eigenvalue weighted by molar-refractivity contribution is 6.04. The molecule has 1 amide bonds. The van der Waals surface area contributed by atoms with Gasteiger partial charge in [0, 0.05) is 35.7 Å². The number of carboxylic acids is 1. The van der Waals surface area contributed by atoms with E-state index >= 15 is 0 Å². The summed E-state index contributed by atoms with van der Waals surface area (Å²) in [6, 6.07) is 14.9. The molecule has 0 bridgehead atoms. The van der Waals surface area contributed by atoms with Crippen LogP contribution < -0.4 is 15.8 Å². The molecule has 0 unspecified atom stereocenters. The highest BCUT2D eigenvalue weighted by Gasteiger charge is 2.13. The van der Waals surface area contributed by atoms with E-state index in [1.54, 1.807) is 37.4 Å². The van der Waals surface area contributed by atoms with E-state index in [0.717, 1.165) is 5.56 Å². The lowest BCUT2D eigenvalue weighted by Crippen LogP contribution is -2.19. The van der Waals surface area contributed by atoms with Crippen molar-refractivity contribution in [3.05, 3.63) is 83.0 Å². The fraction of sp³-hybridized carbons (Fsp3) is 0.160. The van der Waals surface area contributed by atoms with Crippen LogP contribution in [-0.4, -0.2) is 41.8 Å². The average molecular weight is 445 g/mol. The number of anilines is 2. The highest BCUT2D eigenvalue weighted by atomic mass is 16.5. The lowest BCUT2D eigenvalue weighted by Gasteiger charge is -2.15. The summed E-state index contributed by atoms with van der Waals surface area (Å²) in [5.74, 6) is 5.20. The Hall–Kier alpha value is -4.35. The summed E-state index contributed by atoms with van der Waals surface area (Å²) >= 11 is 0. The third-order valence-corrected chi connectivity index (χ3v) is 4.40. The van der Waals surface area contributed by atoms with E-state index in [1.165, 1.54) is 18.3 Å². The van der Waals surface area contributed by atoms with Crippen molar-refractivity contribution in [3.63, 3.8) is 0 Å². The molecule has 8 nitrogen and oxygen atoms in total. The van der Waals surface area contributed by atoms with E-state index in [9.17, 15) is 9.59 Å². The van der Waals surface area contributed by atoms with Crippen LogP contribution in [-0.2, 0) is 4.74 Å². The Labute approximate surface area is 191 Å². The Bertz CT molecular complexity index is 1210. The molecule has 0 spiro atoms. The van der Waals surface area contributed by atoms with E-state index in [-0.39, 0.29) is 17.5 Å². The highest BCUT2D eigenvalue weighted by Crippen LogP contribution is 2.20. The molecule has 1 heterocycles. The second-order valence-corrected chi connectivity index (χ2v) is 7.20. The van der Waals surface area contributed by atoms with Crippen molar-refractivity contribution in [1.82, 2.24) is 4.98 Å². The number of carbonyl (C=O) groups excluding carboxylic acids is 1. The van der Waals surface area contributed by atoms with Crippen LogP contribution in [0.1, 0.15) is 38.8 Å². The molecule has 0 aliphatic rings. The van der Waals surface area contributed by atoms with Gasteiger partial charge in [0.25, 0.3) is 5.91 Å². The topological polar surface area (TPSA) is 124 Å². The Morgan fingerprint density at radius 1 is 1.09 bits per heavy atom. The largest absolute Gasteiger partial charge is 0.488 e. The van der Waals surface area contributed by atoms with Gasteiger partial charge in [0.15, 0.2) is 0 Å². The number of nitrogens with two attached hydrogens (primary N) is 1. The summed E-state index contributed by atoms with van der Waals surface area (Å²) in [7, 11) is 1.58. The number of nitrogens with zero attached hydrogens (tertiary/aromatic N) is 1. The quantitative estimate of drug-likeness (QED) is 0.376. The third-order valence-electron chi connectivity index (χ3n) is 4.40. The molecule has 3 rings (SSSR count). The van der Waals surface area contributed by atoms with Gasteiger partial charge in [-0.25, -0.2) is 9.78 Å². The predicted molar refractivity (Wildman–Crippen MR) is 124 cm³/mol. The van der Waals surface area contributed by atoms with Crippen molar-refractivity contribution in [3.8, 4) is 17.6 Å². The summed E-state index contributed by atoms with van der Waals surface area (Å²) in [6.45, 7) is 2.23. The Balaban J connectivity index is 1.89. The van der Waals surface area contributed by atoms with Gasteiger partial charge in [-0.1, -0.05) is 17.9 Å². The van der Waals surface area contributed by atoms with Gasteiger partial charge in [-0.15, -0.1) is 0 Å². The maximum Gasteiger partial charge on any atom is 0.337 e. The zero-order valence-electron chi connectivity index (χ0n) is 18.2. The van der Waals surface area contributed by atoms with E-state index < -0.39 is 11.9 Å². The smallest absolute Gasteiger partial charge is 0.337 e. The normalized spacial score (nSPS) is 11.1. The lowest BCUT2D eigenvalue weighted by atomic mass is 10.1. The molecule has 0 saturated carbocycles. The van der Waals surface area contributed by atoms with Gasteiger partial charge in [-0.3, -0.25) is 4.79 Å². The molecule has 33 heavy (non-hydrogen) atoms. The van der Waals surface area contributed by atoms with E-state index in [2.05, 4.69) is 22.1 Å². The lowest BCUT2D eigenvalue weighted by molar-refractivity contribution is 0.0696. The first-order chi connectivity index (χ1) is 15.8. The summed E-state index contributed by atoms with van der Waals surface area (Å²) in [5, 5.41) is 11.6. The number of aromatic nitrogens is 1. The maximum absolute atomic E-state index is 12.9. The number of hydrogen-bond acceptors (Lipinski definition) is 6. The van der Waals surface area contributed by atoms with Crippen LogP contribution in [0.25, 0.3) is 0 Å². The van der Waals surface area contributed by atoms with E-state index in [4.69, 9.17) is 20.3 Å². The molecular formula is C25H23N3O5. The minimum absolute atomic E-state index is 0.0228. The second-order valence-electron chi connectivity index (χ2n) is 7.20. The monoisotopic (exact) mass is 445 g/mol. The SMILES string of the molecule is COC[C@H](C)Oc1cc(C#Cc2cccc(N)c2)cc(C(=O)Nc2ccc(C(=O)O)cn2)c1. The number of ether oxygens (including phenoxy) is 2. The minimum atomic E-state index is -1.10. The number of hydrogen-bond donors (Lipinski definition) is 3. The van der Waals surface area contributed by atoms with Crippen molar-refractivity contribution in [2.75, 3.05) is 24.8 Å². The van der Waals surface area contributed by atoms with Gasteiger partial charge in [-0.2, -0.15) is 0 Å². The molecule has 1 aromatic heterocycles. The molecule has 168 valence electrons. The maximum atomic E-state index is 12.9. The molecule has 0 fully saturated rings. The van der Waals surface area contributed by atoms with Crippen LogP contribution in [0.3, 0.4) is 0 Å². The zero-order valence-corrected chi connectivity index (χ0v) is 18.2. The van der Waals surface area contributed by atoms with Crippen LogP contribution in [0.2, 0.25) is 0 Å². The van der Waals surface area contributed by atoms with Crippen LogP contribution in [0.4, 0.5) is 11.5 Å². The number of pyridine rings is 1. The summed E-state index contributed by atoms with van der Waals surface area (Å²) in [6.07, 6.45) is 0.931. The first-order valence-corrected chi connectivity index (χ1v) is 10.0. The Kier molecular flexibility index (Phi) is 7.63. The van der Waals surface area contributed by atoms with Gasteiger partial charge in [0.1, 0.15) is 17.7 Å². The second kappa shape index (κ2) is 10.8. The fourth-order valence-electron chi connectivity index (χ4n) is 2.91. The number of methoxy groups -OCH3 is 1. The van der Waals surface area contributed by atoms with Crippen LogP contribution in [0, 0.1) is 11.8 Å². The van der Waals surface area contributed by atoms with E-state index in [1.807, 2.05) is 19.1 Å². The molecule has 4 N–H and O–H groups in total. The summed E-state index contributed by atoms with van der Waals surface area (Å²) < 4.78 is 11.0. The molecule has 0 aliphatic heterocycles. The zero-order chi connectivity index (χ0) is 23.8. The van der Waals surface area contributed by atoms with Crippen molar-refractivity contribution >= 4 is 23.4 Å². The van der Waals surface area contributed by atoms with Crippen molar-refractivity contribution < 1.29 is 24.2 Å². The third kappa shape index (κ3) is 6.82. The molecule has 3 aromatic rings. The van der Waals surface area contributed by atoms with Gasteiger partial charge in [0.2, 0.25) is 0 Å². The molecule has 0 saturated heterocycles. The average Bonchev–Trinajstić information content (AvgIpc) is 2.78. The predicted octanol–water partition coefficient (Wildman–Crippen LogP) is 3.43. The number of nitrogens with one attached hydrogen (secondary N) is 1.